The Bertz CT molecular complexity index is 1320. The van der Waals surface area contributed by atoms with E-state index in [0.717, 1.165) is 37.7 Å². The summed E-state index contributed by atoms with van der Waals surface area (Å²) in [4.78, 5) is 10.2. The fourth-order valence-electron chi connectivity index (χ4n) is 3.47. The molecule has 2 aromatic carbocycles. The molecule has 6 heteroatoms. The molecule has 142 valence electrons. The first-order chi connectivity index (χ1) is 14.1. The second-order valence-electron chi connectivity index (χ2n) is 6.67. The number of hydrogen-bond donors (Lipinski definition) is 0. The molecule has 0 spiro atoms. The Labute approximate surface area is 169 Å². The van der Waals surface area contributed by atoms with Gasteiger partial charge in [0.05, 0.1) is 16.9 Å². The van der Waals surface area contributed by atoms with Gasteiger partial charge in [0.15, 0.2) is 0 Å². The van der Waals surface area contributed by atoms with Gasteiger partial charge in [-0.2, -0.15) is 0 Å². The minimum Gasteiger partial charge on any atom is -0.311 e. The number of aryl methyl sites for hydroxylation is 1. The van der Waals surface area contributed by atoms with Crippen molar-refractivity contribution >= 4 is 22.2 Å². The summed E-state index contributed by atoms with van der Waals surface area (Å²) in [6.07, 6.45) is 3.44. The highest BCUT2D eigenvalue weighted by Crippen LogP contribution is 2.34. The summed E-state index contributed by atoms with van der Waals surface area (Å²) in [5.41, 5.74) is 3.35. The standard InChI is InChI=1S/C23H15F2N3S/c1-14-21(27-23(29-14)19-7-2-3-11-26-19)16-8-9-20-15(13-16)10-12-28(20)22-17(24)5-4-6-18(22)25/h2-13H,1H3. The van der Waals surface area contributed by atoms with E-state index >= 15 is 0 Å². The third kappa shape index (κ3) is 3.02. The zero-order valence-electron chi connectivity index (χ0n) is 15.4. The summed E-state index contributed by atoms with van der Waals surface area (Å²) in [5, 5.41) is 1.75. The Morgan fingerprint density at radius 3 is 2.52 bits per heavy atom. The average molecular weight is 403 g/mol. The van der Waals surface area contributed by atoms with Crippen LogP contribution in [0.5, 0.6) is 0 Å². The summed E-state index contributed by atoms with van der Waals surface area (Å²) < 4.78 is 30.0. The van der Waals surface area contributed by atoms with Crippen LogP contribution in [0.15, 0.2) is 73.1 Å². The van der Waals surface area contributed by atoms with Gasteiger partial charge >= 0.3 is 0 Å². The Morgan fingerprint density at radius 1 is 0.931 bits per heavy atom. The molecule has 5 aromatic rings. The van der Waals surface area contributed by atoms with Crippen LogP contribution in [0, 0.1) is 18.6 Å². The number of nitrogens with zero attached hydrogens (tertiary/aromatic N) is 3. The molecule has 0 saturated heterocycles. The molecule has 3 nitrogen and oxygen atoms in total. The molecule has 0 radical (unpaired) electrons. The molecule has 0 aliphatic carbocycles. The average Bonchev–Trinajstić information content (AvgIpc) is 3.32. The molecule has 29 heavy (non-hydrogen) atoms. The first-order valence-corrected chi connectivity index (χ1v) is 9.88. The topological polar surface area (TPSA) is 30.7 Å². The van der Waals surface area contributed by atoms with Crippen LogP contribution < -0.4 is 0 Å². The number of halogens is 2. The lowest BCUT2D eigenvalue weighted by Crippen LogP contribution is -1.99. The first kappa shape index (κ1) is 17.7. The molecule has 0 atom stereocenters. The molecule has 0 fully saturated rings. The summed E-state index contributed by atoms with van der Waals surface area (Å²) in [5.74, 6) is -1.19. The predicted molar refractivity (Wildman–Crippen MR) is 112 cm³/mol. The van der Waals surface area contributed by atoms with Crippen LogP contribution in [0.25, 0.3) is 38.5 Å². The van der Waals surface area contributed by atoms with E-state index in [1.54, 1.807) is 23.7 Å². The molecule has 0 aliphatic heterocycles. The molecule has 0 bridgehead atoms. The van der Waals surface area contributed by atoms with Gasteiger partial charge in [-0.05, 0) is 49.4 Å². The molecule has 3 heterocycles. The molecule has 0 aliphatic rings. The number of rotatable bonds is 3. The molecule has 5 rings (SSSR count). The van der Waals surface area contributed by atoms with Crippen LogP contribution in [0.3, 0.4) is 0 Å². The lowest BCUT2D eigenvalue weighted by molar-refractivity contribution is 0.571. The van der Waals surface area contributed by atoms with Crippen LogP contribution in [0.2, 0.25) is 0 Å². The highest BCUT2D eigenvalue weighted by atomic mass is 32.1. The third-order valence-corrected chi connectivity index (χ3v) is 5.82. The number of pyridine rings is 1. The number of para-hydroxylation sites is 1. The van der Waals surface area contributed by atoms with Crippen molar-refractivity contribution in [2.24, 2.45) is 0 Å². The van der Waals surface area contributed by atoms with E-state index < -0.39 is 11.6 Å². The van der Waals surface area contributed by atoms with E-state index in [9.17, 15) is 8.78 Å². The highest BCUT2D eigenvalue weighted by molar-refractivity contribution is 7.15. The van der Waals surface area contributed by atoms with Crippen molar-refractivity contribution in [1.29, 1.82) is 0 Å². The van der Waals surface area contributed by atoms with Gasteiger partial charge in [-0.1, -0.05) is 18.2 Å². The van der Waals surface area contributed by atoms with Crippen molar-refractivity contribution in [3.05, 3.63) is 89.6 Å². The molecule has 0 unspecified atom stereocenters. The zero-order valence-corrected chi connectivity index (χ0v) is 16.3. The molecule has 0 amide bonds. The molecular formula is C23H15F2N3S. The van der Waals surface area contributed by atoms with Gasteiger partial charge in [-0.25, -0.2) is 13.8 Å². The maximum absolute atomic E-state index is 14.2. The minimum atomic E-state index is -0.595. The Morgan fingerprint density at radius 2 is 1.76 bits per heavy atom. The van der Waals surface area contributed by atoms with Crippen LogP contribution >= 0.6 is 11.3 Å². The summed E-state index contributed by atoms with van der Waals surface area (Å²) in [7, 11) is 0. The van der Waals surface area contributed by atoms with E-state index in [2.05, 4.69) is 4.98 Å². The molecule has 3 aromatic heterocycles. The van der Waals surface area contributed by atoms with Crippen LogP contribution in [-0.4, -0.2) is 14.5 Å². The number of benzene rings is 2. The molecule has 0 N–H and O–H groups in total. The molecular weight excluding hydrogens is 388 g/mol. The second kappa shape index (κ2) is 6.90. The summed E-state index contributed by atoms with van der Waals surface area (Å²) in [6.45, 7) is 2.03. The number of fused-ring (bicyclic) bond motifs is 1. The Kier molecular flexibility index (Phi) is 4.21. The predicted octanol–water partition coefficient (Wildman–Crippen LogP) is 6.40. The fraction of sp³-hybridized carbons (Fsp3) is 0.0435. The van der Waals surface area contributed by atoms with E-state index in [1.807, 2.05) is 49.4 Å². The van der Waals surface area contributed by atoms with Crippen molar-refractivity contribution in [2.45, 2.75) is 6.92 Å². The minimum absolute atomic E-state index is 0.0717. The number of hydrogen-bond acceptors (Lipinski definition) is 3. The quantitative estimate of drug-likeness (QED) is 0.349. The largest absolute Gasteiger partial charge is 0.311 e. The van der Waals surface area contributed by atoms with E-state index in [1.165, 1.54) is 22.8 Å². The third-order valence-electron chi connectivity index (χ3n) is 4.82. The molecule has 0 saturated carbocycles. The normalized spacial score (nSPS) is 11.3. The smallest absolute Gasteiger partial charge is 0.150 e. The van der Waals surface area contributed by atoms with Gasteiger partial charge in [0.25, 0.3) is 0 Å². The number of thiazole rings is 1. The van der Waals surface area contributed by atoms with Gasteiger partial charge in [-0.15, -0.1) is 11.3 Å². The zero-order chi connectivity index (χ0) is 20.0. The first-order valence-electron chi connectivity index (χ1n) is 9.06. The van der Waals surface area contributed by atoms with E-state index in [0.29, 0.717) is 0 Å². The Hall–Kier alpha value is -3.38. The maximum atomic E-state index is 14.2. The van der Waals surface area contributed by atoms with Crippen molar-refractivity contribution in [1.82, 2.24) is 14.5 Å². The lowest BCUT2D eigenvalue weighted by atomic mass is 10.1. The summed E-state index contributed by atoms with van der Waals surface area (Å²) in [6, 6.07) is 17.3. The maximum Gasteiger partial charge on any atom is 0.150 e. The van der Waals surface area contributed by atoms with Crippen molar-refractivity contribution in [2.75, 3.05) is 0 Å². The van der Waals surface area contributed by atoms with Crippen molar-refractivity contribution in [3.8, 4) is 27.6 Å². The fourth-order valence-corrected chi connectivity index (χ4v) is 4.38. The van der Waals surface area contributed by atoms with Crippen LogP contribution in [0.4, 0.5) is 8.78 Å². The van der Waals surface area contributed by atoms with Gasteiger partial charge in [0.1, 0.15) is 22.3 Å². The van der Waals surface area contributed by atoms with Gasteiger partial charge in [-0.3, -0.25) is 4.98 Å². The van der Waals surface area contributed by atoms with Crippen molar-refractivity contribution < 1.29 is 8.78 Å². The monoisotopic (exact) mass is 403 g/mol. The van der Waals surface area contributed by atoms with Gasteiger partial charge < -0.3 is 4.57 Å². The summed E-state index contributed by atoms with van der Waals surface area (Å²) >= 11 is 1.60. The SMILES string of the molecule is Cc1sc(-c2ccccn2)nc1-c1ccc2c(ccn2-c2c(F)cccc2F)c1. The van der Waals surface area contributed by atoms with Crippen LogP contribution in [-0.2, 0) is 0 Å². The Balaban J connectivity index is 1.60. The second-order valence-corrected chi connectivity index (χ2v) is 7.87. The van der Waals surface area contributed by atoms with Crippen molar-refractivity contribution in [3.63, 3.8) is 0 Å². The lowest BCUT2D eigenvalue weighted by Gasteiger charge is -2.08. The number of aromatic nitrogens is 3. The van der Waals surface area contributed by atoms with Gasteiger partial charge in [0, 0.05) is 28.2 Å². The van der Waals surface area contributed by atoms with Gasteiger partial charge in [0.2, 0.25) is 0 Å². The highest BCUT2D eigenvalue weighted by Gasteiger charge is 2.16. The van der Waals surface area contributed by atoms with E-state index in [4.69, 9.17) is 4.98 Å². The van der Waals surface area contributed by atoms with Crippen LogP contribution in [0.1, 0.15) is 4.88 Å². The van der Waals surface area contributed by atoms with E-state index in [-0.39, 0.29) is 5.69 Å².